The lowest BCUT2D eigenvalue weighted by atomic mass is 9.85. The van der Waals surface area contributed by atoms with Gasteiger partial charge in [-0.25, -0.2) is 9.18 Å². The number of ether oxygens (including phenoxy) is 1. The van der Waals surface area contributed by atoms with Gasteiger partial charge in [0.25, 0.3) is 0 Å². The number of fused-ring (bicyclic) bond motifs is 2. The molecule has 7 nitrogen and oxygen atoms in total. The van der Waals surface area contributed by atoms with Crippen LogP contribution in [0.1, 0.15) is 48.5 Å². The summed E-state index contributed by atoms with van der Waals surface area (Å²) in [7, 11) is 1.49. The molecule has 0 radical (unpaired) electrons. The fourth-order valence-corrected chi connectivity index (χ4v) is 5.17. The molecule has 8 heteroatoms. The Labute approximate surface area is 173 Å². The number of pyridine rings is 1. The largest absolute Gasteiger partial charge is 0.492 e. The number of aromatic nitrogens is 1. The van der Waals surface area contributed by atoms with Gasteiger partial charge in [0.2, 0.25) is 5.43 Å². The number of methoxy groups -OCH3 is 1. The molecule has 2 atom stereocenters. The van der Waals surface area contributed by atoms with Gasteiger partial charge in [-0.05, 0) is 50.6 Å². The Bertz CT molecular complexity index is 1080. The van der Waals surface area contributed by atoms with Gasteiger partial charge in [0, 0.05) is 31.4 Å². The van der Waals surface area contributed by atoms with Crippen molar-refractivity contribution < 1.29 is 19.0 Å². The number of hydrogen-bond acceptors (Lipinski definition) is 5. The molecule has 1 saturated carbocycles. The number of halogens is 1. The summed E-state index contributed by atoms with van der Waals surface area (Å²) in [6, 6.07) is 1.77. The summed E-state index contributed by atoms with van der Waals surface area (Å²) in [5.74, 6) is -1.06. The Morgan fingerprint density at radius 3 is 2.80 bits per heavy atom. The first-order valence-corrected chi connectivity index (χ1v) is 10.7. The smallest absolute Gasteiger partial charge is 0.341 e. The van der Waals surface area contributed by atoms with Crippen LogP contribution in [0.5, 0.6) is 5.75 Å². The van der Waals surface area contributed by atoms with Gasteiger partial charge in [-0.3, -0.25) is 4.79 Å². The lowest BCUT2D eigenvalue weighted by Gasteiger charge is -2.43. The van der Waals surface area contributed by atoms with Crippen LogP contribution in [0.15, 0.2) is 17.1 Å². The van der Waals surface area contributed by atoms with Gasteiger partial charge >= 0.3 is 5.97 Å². The highest BCUT2D eigenvalue weighted by molar-refractivity contribution is 5.97. The maximum atomic E-state index is 15.4. The van der Waals surface area contributed by atoms with Crippen molar-refractivity contribution in [1.82, 2.24) is 9.88 Å². The summed E-state index contributed by atoms with van der Waals surface area (Å²) >= 11 is 0. The van der Waals surface area contributed by atoms with Crippen LogP contribution in [0, 0.1) is 11.7 Å². The lowest BCUT2D eigenvalue weighted by Crippen LogP contribution is -2.52. The summed E-state index contributed by atoms with van der Waals surface area (Å²) in [5.41, 5.74) is -0.132. The Balaban J connectivity index is 1.69. The second-order valence-electron chi connectivity index (χ2n) is 8.65. The van der Waals surface area contributed by atoms with E-state index in [1.165, 1.54) is 19.4 Å². The monoisotopic (exact) mass is 415 g/mol. The number of aromatic carboxylic acids is 1. The number of hydrogen-bond donors (Lipinski definition) is 2. The van der Waals surface area contributed by atoms with E-state index >= 15 is 4.39 Å². The minimum atomic E-state index is -1.30. The first-order valence-electron chi connectivity index (χ1n) is 10.7. The molecule has 2 saturated heterocycles. The van der Waals surface area contributed by atoms with E-state index in [2.05, 4.69) is 5.32 Å². The molecule has 0 spiro atoms. The average molecular weight is 415 g/mol. The number of rotatable bonds is 4. The average Bonchev–Trinajstić information content (AvgIpc) is 3.58. The maximum Gasteiger partial charge on any atom is 0.341 e. The molecule has 5 rings (SSSR count). The summed E-state index contributed by atoms with van der Waals surface area (Å²) in [4.78, 5) is 26.5. The zero-order valence-corrected chi connectivity index (χ0v) is 17.0. The zero-order chi connectivity index (χ0) is 21.0. The normalized spacial score (nSPS) is 24.0. The molecule has 2 aliphatic heterocycles. The van der Waals surface area contributed by atoms with E-state index in [4.69, 9.17) is 4.74 Å². The second-order valence-corrected chi connectivity index (χ2v) is 8.65. The van der Waals surface area contributed by atoms with Crippen molar-refractivity contribution in [2.75, 3.05) is 31.6 Å². The molecule has 2 unspecified atom stereocenters. The van der Waals surface area contributed by atoms with E-state index in [1.54, 1.807) is 4.57 Å². The minimum Gasteiger partial charge on any atom is -0.492 e. The highest BCUT2D eigenvalue weighted by Gasteiger charge is 2.35. The highest BCUT2D eigenvalue weighted by atomic mass is 19.1. The SMILES string of the molecule is COc1c(N2CCC3NCCCC3C2)c(F)cc2c(=O)c(C(=O)O)cn(C3CC3)c12. The van der Waals surface area contributed by atoms with E-state index in [0.29, 0.717) is 35.5 Å². The molecule has 3 fully saturated rings. The van der Waals surface area contributed by atoms with Gasteiger partial charge in [0.05, 0.1) is 18.0 Å². The number of piperidine rings is 2. The molecular weight excluding hydrogens is 389 g/mol. The predicted molar refractivity (Wildman–Crippen MR) is 111 cm³/mol. The second kappa shape index (κ2) is 7.27. The molecule has 1 aliphatic carbocycles. The number of carboxylic acids is 1. The quantitative estimate of drug-likeness (QED) is 0.799. The molecule has 2 aromatic rings. The van der Waals surface area contributed by atoms with Crippen molar-refractivity contribution in [3.05, 3.63) is 33.9 Å². The van der Waals surface area contributed by atoms with Crippen molar-refractivity contribution in [1.29, 1.82) is 0 Å². The molecule has 1 aromatic carbocycles. The van der Waals surface area contributed by atoms with Gasteiger partial charge in [0.1, 0.15) is 11.3 Å². The molecule has 160 valence electrons. The zero-order valence-electron chi connectivity index (χ0n) is 17.0. The van der Waals surface area contributed by atoms with Crippen LogP contribution in [0.3, 0.4) is 0 Å². The molecule has 2 N–H and O–H groups in total. The van der Waals surface area contributed by atoms with Crippen LogP contribution in [0.2, 0.25) is 0 Å². The first kappa shape index (κ1) is 19.4. The van der Waals surface area contributed by atoms with Crippen molar-refractivity contribution >= 4 is 22.6 Å². The van der Waals surface area contributed by atoms with Crippen LogP contribution in [0.25, 0.3) is 10.9 Å². The van der Waals surface area contributed by atoms with E-state index < -0.39 is 17.2 Å². The minimum absolute atomic E-state index is 0.0640. The number of benzene rings is 1. The van der Waals surface area contributed by atoms with E-state index in [0.717, 1.165) is 45.2 Å². The standard InChI is InChI=1S/C22H26FN3O4/c1-30-21-18-14(20(27)15(22(28)29)11-26(18)13-4-5-13)9-16(23)19(21)25-8-6-17-12(10-25)3-2-7-24-17/h9,11-13,17,24H,2-8,10H2,1H3,(H,28,29). The van der Waals surface area contributed by atoms with Gasteiger partial charge < -0.3 is 24.6 Å². The summed E-state index contributed by atoms with van der Waals surface area (Å²) in [5, 5.41) is 13.1. The number of nitrogens with one attached hydrogen (secondary N) is 1. The van der Waals surface area contributed by atoms with E-state index in [-0.39, 0.29) is 17.0 Å². The third-order valence-electron chi connectivity index (χ3n) is 6.78. The Morgan fingerprint density at radius 1 is 1.30 bits per heavy atom. The molecule has 30 heavy (non-hydrogen) atoms. The fourth-order valence-electron chi connectivity index (χ4n) is 5.17. The Hall–Kier alpha value is -2.61. The fraction of sp³-hybridized carbons (Fsp3) is 0.545. The van der Waals surface area contributed by atoms with E-state index in [9.17, 15) is 14.7 Å². The summed E-state index contributed by atoms with van der Waals surface area (Å²) in [6.07, 6.45) is 6.34. The third kappa shape index (κ3) is 3.05. The molecule has 3 aliphatic rings. The maximum absolute atomic E-state index is 15.4. The van der Waals surface area contributed by atoms with Gasteiger partial charge in [-0.1, -0.05) is 0 Å². The predicted octanol–water partition coefficient (Wildman–Crippen LogP) is 2.76. The summed E-state index contributed by atoms with van der Waals surface area (Å²) in [6.45, 7) is 2.47. The highest BCUT2D eigenvalue weighted by Crippen LogP contribution is 2.44. The van der Waals surface area contributed by atoms with Crippen LogP contribution < -0.4 is 20.4 Å². The van der Waals surface area contributed by atoms with Gasteiger partial charge in [0.15, 0.2) is 11.6 Å². The third-order valence-corrected chi connectivity index (χ3v) is 6.78. The van der Waals surface area contributed by atoms with Gasteiger partial charge in [-0.2, -0.15) is 0 Å². The Kier molecular flexibility index (Phi) is 4.69. The lowest BCUT2D eigenvalue weighted by molar-refractivity contribution is 0.0695. The van der Waals surface area contributed by atoms with Crippen molar-refractivity contribution in [2.45, 2.75) is 44.2 Å². The molecule has 3 heterocycles. The molecule has 0 amide bonds. The first-order chi connectivity index (χ1) is 14.5. The number of nitrogens with zero attached hydrogens (tertiary/aromatic N) is 2. The number of carbonyl (C=O) groups is 1. The van der Waals surface area contributed by atoms with Gasteiger partial charge in [-0.15, -0.1) is 0 Å². The molecular formula is C22H26FN3O4. The summed E-state index contributed by atoms with van der Waals surface area (Å²) < 4.78 is 22.9. The van der Waals surface area contributed by atoms with Crippen LogP contribution in [-0.4, -0.2) is 48.4 Å². The number of carboxylic acid groups (broad SMARTS) is 1. The molecule has 1 aromatic heterocycles. The van der Waals surface area contributed by atoms with Crippen LogP contribution in [0.4, 0.5) is 10.1 Å². The van der Waals surface area contributed by atoms with Crippen LogP contribution in [-0.2, 0) is 0 Å². The van der Waals surface area contributed by atoms with Crippen molar-refractivity contribution in [2.24, 2.45) is 5.92 Å². The molecule has 0 bridgehead atoms. The number of anilines is 1. The Morgan fingerprint density at radius 2 is 2.10 bits per heavy atom. The topological polar surface area (TPSA) is 83.8 Å². The van der Waals surface area contributed by atoms with Crippen LogP contribution >= 0.6 is 0 Å². The van der Waals surface area contributed by atoms with E-state index in [1.807, 2.05) is 4.90 Å². The van der Waals surface area contributed by atoms with Crippen molar-refractivity contribution in [3.8, 4) is 5.75 Å². The van der Waals surface area contributed by atoms with Crippen molar-refractivity contribution in [3.63, 3.8) is 0 Å².